The molecule has 0 saturated carbocycles. The zero-order valence-corrected chi connectivity index (χ0v) is 13.8. The molecule has 1 saturated heterocycles. The topological polar surface area (TPSA) is 9.23 Å². The van der Waals surface area contributed by atoms with Gasteiger partial charge in [-0.15, -0.1) is 0 Å². The van der Waals surface area contributed by atoms with Crippen LogP contribution in [0.3, 0.4) is 0 Å². The molecule has 1 nitrogen and oxygen atoms in total. The van der Waals surface area contributed by atoms with Crippen LogP contribution in [0.2, 0.25) is 36.3 Å². The average molecular weight is 259 g/mol. The lowest BCUT2D eigenvalue weighted by Crippen LogP contribution is -2.51. The van der Waals surface area contributed by atoms with E-state index in [9.17, 15) is 0 Å². The van der Waals surface area contributed by atoms with Crippen molar-refractivity contribution >= 4 is 16.6 Å². The molecular weight excluding hydrogens is 228 g/mol. The Morgan fingerprint density at radius 3 is 1.38 bits per heavy atom. The van der Waals surface area contributed by atoms with E-state index in [0.29, 0.717) is 0 Å². The SMILES string of the molecule is CC[Si]1(CC)CCCCC[Si](CC)(CC)O1. The second kappa shape index (κ2) is 6.36. The predicted octanol–water partition coefficient (Wildman–Crippen LogP) is 5.16. The molecule has 0 amide bonds. The highest BCUT2D eigenvalue weighted by Crippen LogP contribution is 2.37. The van der Waals surface area contributed by atoms with Crippen LogP contribution in [-0.4, -0.2) is 16.6 Å². The second-order valence-electron chi connectivity index (χ2n) is 5.44. The summed E-state index contributed by atoms with van der Waals surface area (Å²) in [7, 11) is -2.66. The highest BCUT2D eigenvalue weighted by molar-refractivity contribution is 6.87. The molecule has 3 heteroatoms. The van der Waals surface area contributed by atoms with Gasteiger partial charge in [0.2, 0.25) is 0 Å². The third-order valence-electron chi connectivity index (χ3n) is 4.78. The average Bonchev–Trinajstić information content (AvgIpc) is 2.31. The molecule has 0 aromatic rings. The quantitative estimate of drug-likeness (QED) is 0.633. The summed E-state index contributed by atoms with van der Waals surface area (Å²) >= 11 is 0. The molecule has 0 aromatic carbocycles. The molecule has 0 unspecified atom stereocenters. The Balaban J connectivity index is 2.85. The van der Waals surface area contributed by atoms with Gasteiger partial charge in [0.25, 0.3) is 0 Å². The van der Waals surface area contributed by atoms with Crippen LogP contribution < -0.4 is 0 Å². The van der Waals surface area contributed by atoms with E-state index in [1.807, 2.05) is 0 Å². The van der Waals surface area contributed by atoms with Gasteiger partial charge in [-0.05, 0) is 36.3 Å². The van der Waals surface area contributed by atoms with Crippen molar-refractivity contribution in [2.24, 2.45) is 0 Å². The molecule has 0 N–H and O–H groups in total. The molecule has 1 rings (SSSR count). The summed E-state index contributed by atoms with van der Waals surface area (Å²) in [4.78, 5) is 0. The van der Waals surface area contributed by atoms with Gasteiger partial charge in [0.1, 0.15) is 0 Å². The Bertz CT molecular complexity index is 178. The minimum atomic E-state index is -1.33. The molecule has 16 heavy (non-hydrogen) atoms. The minimum Gasteiger partial charge on any atom is -0.455 e. The summed E-state index contributed by atoms with van der Waals surface area (Å²) in [6.45, 7) is 9.51. The smallest absolute Gasteiger partial charge is 0.179 e. The van der Waals surface area contributed by atoms with Crippen LogP contribution in [0.25, 0.3) is 0 Å². The van der Waals surface area contributed by atoms with Gasteiger partial charge < -0.3 is 4.12 Å². The Hall–Kier alpha value is 0.394. The molecule has 1 heterocycles. The fourth-order valence-electron chi connectivity index (χ4n) is 3.13. The number of hydrogen-bond donors (Lipinski definition) is 0. The standard InChI is InChI=1S/C13H30OSi2/c1-5-15(6-2)12-10-9-11-13-16(7-3,8-4)14-15/h5-13H2,1-4H3. The van der Waals surface area contributed by atoms with Crippen LogP contribution in [0.5, 0.6) is 0 Å². The van der Waals surface area contributed by atoms with E-state index in [0.717, 1.165) is 0 Å². The van der Waals surface area contributed by atoms with Crippen molar-refractivity contribution in [3.63, 3.8) is 0 Å². The van der Waals surface area contributed by atoms with E-state index in [1.54, 1.807) is 0 Å². The first-order valence-corrected chi connectivity index (χ1v) is 12.4. The van der Waals surface area contributed by atoms with Crippen molar-refractivity contribution in [1.29, 1.82) is 0 Å². The lowest BCUT2D eigenvalue weighted by Gasteiger charge is -2.43. The summed E-state index contributed by atoms with van der Waals surface area (Å²) in [5.41, 5.74) is 0. The van der Waals surface area contributed by atoms with Crippen LogP contribution >= 0.6 is 0 Å². The second-order valence-corrected chi connectivity index (χ2v) is 14.8. The van der Waals surface area contributed by atoms with Crippen molar-refractivity contribution < 1.29 is 4.12 Å². The molecule has 1 aliphatic rings. The molecule has 0 radical (unpaired) electrons. The predicted molar refractivity (Wildman–Crippen MR) is 78.0 cm³/mol. The third-order valence-corrected chi connectivity index (χ3v) is 15.9. The van der Waals surface area contributed by atoms with Crippen LogP contribution in [0, 0.1) is 0 Å². The number of rotatable bonds is 4. The largest absolute Gasteiger partial charge is 0.455 e. The van der Waals surface area contributed by atoms with Crippen molar-refractivity contribution in [2.45, 2.75) is 83.2 Å². The molecule has 1 aliphatic heterocycles. The lowest BCUT2D eigenvalue weighted by atomic mass is 10.3. The van der Waals surface area contributed by atoms with Crippen molar-refractivity contribution in [3.05, 3.63) is 0 Å². The zero-order valence-electron chi connectivity index (χ0n) is 11.8. The molecule has 0 aliphatic carbocycles. The minimum absolute atomic E-state index is 1.33. The fraction of sp³-hybridized carbons (Fsp3) is 1.00. The van der Waals surface area contributed by atoms with Crippen molar-refractivity contribution in [3.8, 4) is 0 Å². The van der Waals surface area contributed by atoms with Crippen LogP contribution in [0.1, 0.15) is 47.0 Å². The van der Waals surface area contributed by atoms with Crippen LogP contribution in [0.15, 0.2) is 0 Å². The Morgan fingerprint density at radius 2 is 1.06 bits per heavy atom. The van der Waals surface area contributed by atoms with E-state index in [1.165, 1.54) is 55.5 Å². The van der Waals surface area contributed by atoms with Crippen LogP contribution in [-0.2, 0) is 4.12 Å². The van der Waals surface area contributed by atoms with Gasteiger partial charge in [-0.2, -0.15) is 0 Å². The van der Waals surface area contributed by atoms with E-state index in [2.05, 4.69) is 27.7 Å². The normalized spacial score (nSPS) is 24.8. The van der Waals surface area contributed by atoms with E-state index in [4.69, 9.17) is 4.12 Å². The van der Waals surface area contributed by atoms with Gasteiger partial charge in [-0.3, -0.25) is 0 Å². The van der Waals surface area contributed by atoms with Crippen LogP contribution in [0.4, 0.5) is 0 Å². The third kappa shape index (κ3) is 3.20. The first-order chi connectivity index (χ1) is 7.66. The first kappa shape index (κ1) is 14.5. The highest BCUT2D eigenvalue weighted by Gasteiger charge is 2.41. The Morgan fingerprint density at radius 1 is 0.688 bits per heavy atom. The molecule has 0 atom stereocenters. The summed E-state index contributed by atoms with van der Waals surface area (Å²) in [5.74, 6) is 0. The van der Waals surface area contributed by atoms with E-state index < -0.39 is 16.6 Å². The maximum Gasteiger partial charge on any atom is 0.179 e. The summed E-state index contributed by atoms with van der Waals surface area (Å²) in [5, 5.41) is 0. The van der Waals surface area contributed by atoms with Crippen molar-refractivity contribution in [2.75, 3.05) is 0 Å². The molecule has 0 bridgehead atoms. The summed E-state index contributed by atoms with van der Waals surface area (Å²) in [6, 6.07) is 8.26. The molecule has 0 aromatic heterocycles. The first-order valence-electron chi connectivity index (χ1n) is 7.36. The van der Waals surface area contributed by atoms with Gasteiger partial charge in [0, 0.05) is 0 Å². The van der Waals surface area contributed by atoms with Gasteiger partial charge in [-0.25, -0.2) is 0 Å². The molecule has 96 valence electrons. The summed E-state index contributed by atoms with van der Waals surface area (Å²) in [6.07, 6.45) is 4.34. The highest BCUT2D eigenvalue weighted by atomic mass is 28.4. The molecule has 1 fully saturated rings. The van der Waals surface area contributed by atoms with Gasteiger partial charge in [0.05, 0.1) is 0 Å². The van der Waals surface area contributed by atoms with Gasteiger partial charge in [-0.1, -0.05) is 47.0 Å². The zero-order chi connectivity index (χ0) is 12.1. The lowest BCUT2D eigenvalue weighted by molar-refractivity contribution is 0.481. The fourth-order valence-corrected chi connectivity index (χ4v) is 14.1. The molecular formula is C13H30OSi2. The Kier molecular flexibility index (Phi) is 5.75. The maximum atomic E-state index is 6.94. The molecule has 0 spiro atoms. The Labute approximate surface area is 104 Å². The number of hydrogen-bond acceptors (Lipinski definition) is 1. The van der Waals surface area contributed by atoms with E-state index >= 15 is 0 Å². The van der Waals surface area contributed by atoms with Gasteiger partial charge in [0.15, 0.2) is 16.6 Å². The monoisotopic (exact) mass is 258 g/mol. The summed E-state index contributed by atoms with van der Waals surface area (Å²) < 4.78 is 6.94. The van der Waals surface area contributed by atoms with E-state index in [-0.39, 0.29) is 0 Å². The maximum absolute atomic E-state index is 6.94. The van der Waals surface area contributed by atoms with Crippen molar-refractivity contribution in [1.82, 2.24) is 0 Å². The van der Waals surface area contributed by atoms with Gasteiger partial charge >= 0.3 is 0 Å².